The molecule has 0 aliphatic heterocycles. The number of aromatic nitrogens is 1. The molecule has 72 valence electrons. The Morgan fingerprint density at radius 1 is 1.36 bits per heavy atom. The average molecular weight is 206 g/mol. The van der Waals surface area contributed by atoms with Crippen LogP contribution in [0.1, 0.15) is 4.88 Å². The molecular weight excluding hydrogens is 196 g/mol. The monoisotopic (exact) mass is 206 g/mol. The van der Waals surface area contributed by atoms with E-state index in [-0.39, 0.29) is 5.56 Å². The molecule has 0 radical (unpaired) electrons. The summed E-state index contributed by atoms with van der Waals surface area (Å²) in [5.74, 6) is 0. The fourth-order valence-electron chi connectivity index (χ4n) is 1.12. The number of pyridine rings is 1. The summed E-state index contributed by atoms with van der Waals surface area (Å²) in [4.78, 5) is 14.7. The van der Waals surface area contributed by atoms with Gasteiger partial charge in [-0.1, -0.05) is 6.07 Å². The quantitative estimate of drug-likeness (QED) is 0.807. The third kappa shape index (κ3) is 2.23. The second-order valence-corrected chi connectivity index (χ2v) is 3.91. The standard InChI is InChI=1S/C10H10N2OS/c13-10-4-3-8(6-12-10)11-7-9-2-1-5-14-9/h1-6,11H,7H2,(H,12,13). The molecule has 2 heterocycles. The van der Waals surface area contributed by atoms with Crippen LogP contribution in [0.2, 0.25) is 0 Å². The molecule has 0 aliphatic rings. The van der Waals surface area contributed by atoms with Gasteiger partial charge in [0.1, 0.15) is 0 Å². The van der Waals surface area contributed by atoms with Crippen molar-refractivity contribution in [3.63, 3.8) is 0 Å². The highest BCUT2D eigenvalue weighted by Crippen LogP contribution is 2.10. The van der Waals surface area contributed by atoms with E-state index in [1.54, 1.807) is 23.6 Å². The maximum absolute atomic E-state index is 10.8. The van der Waals surface area contributed by atoms with E-state index >= 15 is 0 Å². The van der Waals surface area contributed by atoms with Gasteiger partial charge >= 0.3 is 0 Å². The van der Waals surface area contributed by atoms with Gasteiger partial charge < -0.3 is 10.3 Å². The maximum atomic E-state index is 10.8. The van der Waals surface area contributed by atoms with E-state index in [0.717, 1.165) is 12.2 Å². The molecular formula is C10H10N2OS. The average Bonchev–Trinajstić information content (AvgIpc) is 2.70. The molecule has 4 heteroatoms. The van der Waals surface area contributed by atoms with Crippen molar-refractivity contribution < 1.29 is 0 Å². The first kappa shape index (κ1) is 9.02. The van der Waals surface area contributed by atoms with Crippen LogP contribution >= 0.6 is 11.3 Å². The minimum absolute atomic E-state index is 0.0772. The van der Waals surface area contributed by atoms with Crippen molar-refractivity contribution >= 4 is 17.0 Å². The number of hydrogen-bond donors (Lipinski definition) is 2. The Balaban J connectivity index is 1.99. The summed E-state index contributed by atoms with van der Waals surface area (Å²) in [6.45, 7) is 0.795. The van der Waals surface area contributed by atoms with E-state index in [2.05, 4.69) is 16.4 Å². The molecule has 0 aromatic carbocycles. The third-order valence-electron chi connectivity index (χ3n) is 1.83. The van der Waals surface area contributed by atoms with Crippen molar-refractivity contribution in [1.82, 2.24) is 4.98 Å². The molecule has 14 heavy (non-hydrogen) atoms. The minimum Gasteiger partial charge on any atom is -0.379 e. The smallest absolute Gasteiger partial charge is 0.248 e. The van der Waals surface area contributed by atoms with Gasteiger partial charge in [0.15, 0.2) is 0 Å². The first-order chi connectivity index (χ1) is 6.84. The summed E-state index contributed by atoms with van der Waals surface area (Å²) in [6, 6.07) is 7.38. The molecule has 0 atom stereocenters. The number of aromatic amines is 1. The van der Waals surface area contributed by atoms with Crippen LogP contribution in [-0.2, 0) is 6.54 Å². The Kier molecular flexibility index (Phi) is 2.65. The van der Waals surface area contributed by atoms with Crippen LogP contribution in [0.15, 0.2) is 40.6 Å². The van der Waals surface area contributed by atoms with Crippen LogP contribution in [-0.4, -0.2) is 4.98 Å². The normalized spacial score (nSPS) is 10.0. The molecule has 2 aromatic rings. The molecule has 0 saturated carbocycles. The summed E-state index contributed by atoms with van der Waals surface area (Å²) in [5, 5.41) is 5.26. The van der Waals surface area contributed by atoms with Gasteiger partial charge in [0.2, 0.25) is 5.56 Å². The van der Waals surface area contributed by atoms with Gasteiger partial charge in [-0.2, -0.15) is 0 Å². The molecule has 0 bridgehead atoms. The van der Waals surface area contributed by atoms with Gasteiger partial charge in [0.25, 0.3) is 0 Å². The first-order valence-electron chi connectivity index (χ1n) is 4.29. The molecule has 0 saturated heterocycles. The fraction of sp³-hybridized carbons (Fsp3) is 0.100. The largest absolute Gasteiger partial charge is 0.379 e. The lowest BCUT2D eigenvalue weighted by molar-refractivity contribution is 1.16. The number of thiophene rings is 1. The van der Waals surface area contributed by atoms with E-state index in [1.165, 1.54) is 10.9 Å². The Hall–Kier alpha value is -1.55. The second-order valence-electron chi connectivity index (χ2n) is 2.87. The topological polar surface area (TPSA) is 44.9 Å². The SMILES string of the molecule is O=c1ccc(NCc2cccs2)c[nH]1. The molecule has 3 nitrogen and oxygen atoms in total. The first-order valence-corrected chi connectivity index (χ1v) is 5.17. The Morgan fingerprint density at radius 3 is 2.93 bits per heavy atom. The Morgan fingerprint density at radius 2 is 2.29 bits per heavy atom. The molecule has 0 amide bonds. The number of anilines is 1. The summed E-state index contributed by atoms with van der Waals surface area (Å²) < 4.78 is 0. The van der Waals surface area contributed by atoms with Crippen LogP contribution in [0.3, 0.4) is 0 Å². The van der Waals surface area contributed by atoms with E-state index in [9.17, 15) is 4.79 Å². The van der Waals surface area contributed by atoms with Crippen molar-refractivity contribution in [3.8, 4) is 0 Å². The van der Waals surface area contributed by atoms with Crippen LogP contribution in [0.25, 0.3) is 0 Å². The molecule has 0 fully saturated rings. The number of nitrogens with one attached hydrogen (secondary N) is 2. The third-order valence-corrected chi connectivity index (χ3v) is 2.71. The lowest BCUT2D eigenvalue weighted by Gasteiger charge is -2.02. The van der Waals surface area contributed by atoms with Gasteiger partial charge in [-0.3, -0.25) is 4.79 Å². The summed E-state index contributed by atoms with van der Waals surface area (Å²) in [6.07, 6.45) is 1.68. The van der Waals surface area contributed by atoms with Crippen molar-refractivity contribution in [3.05, 3.63) is 51.1 Å². The minimum atomic E-state index is -0.0772. The van der Waals surface area contributed by atoms with Crippen LogP contribution < -0.4 is 10.9 Å². The zero-order valence-corrected chi connectivity index (χ0v) is 8.30. The lowest BCUT2D eigenvalue weighted by atomic mass is 10.4. The van der Waals surface area contributed by atoms with Gasteiger partial charge in [-0.15, -0.1) is 11.3 Å². The zero-order valence-electron chi connectivity index (χ0n) is 7.49. The second kappa shape index (κ2) is 4.11. The highest BCUT2D eigenvalue weighted by Gasteiger charge is 1.93. The van der Waals surface area contributed by atoms with Crippen LogP contribution in [0, 0.1) is 0 Å². The van der Waals surface area contributed by atoms with Gasteiger partial charge in [-0.25, -0.2) is 0 Å². The van der Waals surface area contributed by atoms with Gasteiger partial charge in [0, 0.05) is 23.7 Å². The Bertz CT molecular complexity index is 427. The van der Waals surface area contributed by atoms with Crippen LogP contribution in [0.5, 0.6) is 0 Å². The summed E-state index contributed by atoms with van der Waals surface area (Å²) in [7, 11) is 0. The lowest BCUT2D eigenvalue weighted by Crippen LogP contribution is -2.04. The van der Waals surface area contributed by atoms with E-state index in [0.29, 0.717) is 0 Å². The zero-order chi connectivity index (χ0) is 9.80. The van der Waals surface area contributed by atoms with Crippen molar-refractivity contribution in [2.75, 3.05) is 5.32 Å². The highest BCUT2D eigenvalue weighted by molar-refractivity contribution is 7.09. The molecule has 0 aliphatic carbocycles. The molecule has 0 spiro atoms. The van der Waals surface area contributed by atoms with E-state index in [1.807, 2.05) is 11.4 Å². The van der Waals surface area contributed by atoms with Crippen molar-refractivity contribution in [2.24, 2.45) is 0 Å². The highest BCUT2D eigenvalue weighted by atomic mass is 32.1. The molecule has 2 N–H and O–H groups in total. The van der Waals surface area contributed by atoms with Gasteiger partial charge in [0.05, 0.1) is 5.69 Å². The molecule has 0 unspecified atom stereocenters. The molecule has 2 rings (SSSR count). The number of rotatable bonds is 3. The van der Waals surface area contributed by atoms with Crippen molar-refractivity contribution in [1.29, 1.82) is 0 Å². The van der Waals surface area contributed by atoms with E-state index < -0.39 is 0 Å². The van der Waals surface area contributed by atoms with Crippen molar-refractivity contribution in [2.45, 2.75) is 6.54 Å². The summed E-state index contributed by atoms with van der Waals surface area (Å²) in [5.41, 5.74) is 0.852. The predicted molar refractivity (Wildman–Crippen MR) is 58.7 cm³/mol. The van der Waals surface area contributed by atoms with Gasteiger partial charge in [-0.05, 0) is 17.5 Å². The Labute approximate surface area is 85.4 Å². The summed E-state index contributed by atoms with van der Waals surface area (Å²) >= 11 is 1.71. The predicted octanol–water partition coefficient (Wildman–Crippen LogP) is 2.05. The van der Waals surface area contributed by atoms with Crippen LogP contribution in [0.4, 0.5) is 5.69 Å². The fourth-order valence-corrected chi connectivity index (χ4v) is 1.77. The number of hydrogen-bond acceptors (Lipinski definition) is 3. The molecule has 2 aromatic heterocycles. The van der Waals surface area contributed by atoms with E-state index in [4.69, 9.17) is 0 Å². The number of H-pyrrole nitrogens is 1. The maximum Gasteiger partial charge on any atom is 0.248 e.